The van der Waals surface area contributed by atoms with Crippen LogP contribution in [0.15, 0.2) is 59.6 Å². The third-order valence-corrected chi connectivity index (χ3v) is 4.97. The zero-order chi connectivity index (χ0) is 21.7. The minimum absolute atomic E-state index is 0.224. The molecule has 1 N–H and O–H groups in total. The van der Waals surface area contributed by atoms with Crippen molar-refractivity contribution in [2.24, 2.45) is 4.99 Å². The Kier molecular flexibility index (Phi) is 6.75. The average molecular weight is 424 g/mol. The molecule has 0 bridgehead atoms. The maximum absolute atomic E-state index is 11.0. The smallest absolute Gasteiger partial charge is 0.335 e. The lowest BCUT2D eigenvalue weighted by atomic mass is 10.1. The molecule has 30 heavy (non-hydrogen) atoms. The van der Waals surface area contributed by atoms with Gasteiger partial charge in [-0.2, -0.15) is 0 Å². The van der Waals surface area contributed by atoms with E-state index in [0.29, 0.717) is 16.5 Å². The normalized spacial score (nSPS) is 10.9. The third kappa shape index (κ3) is 5.19. The van der Waals surface area contributed by atoms with Crippen molar-refractivity contribution in [1.29, 1.82) is 0 Å². The van der Waals surface area contributed by atoms with Crippen LogP contribution in [0.5, 0.6) is 11.5 Å². The summed E-state index contributed by atoms with van der Waals surface area (Å²) in [6, 6.07) is 16.1. The molecule has 0 aromatic heterocycles. The lowest BCUT2D eigenvalue weighted by molar-refractivity contribution is 0.0697. The fraction of sp³-hybridized carbons (Fsp3) is 0.167. The number of aryl methyl sites for hydroxylation is 2. The van der Waals surface area contributed by atoms with Crippen molar-refractivity contribution in [2.45, 2.75) is 20.5 Å². The molecule has 0 aliphatic carbocycles. The van der Waals surface area contributed by atoms with E-state index in [-0.39, 0.29) is 12.2 Å². The predicted molar refractivity (Wildman–Crippen MR) is 119 cm³/mol. The number of rotatable bonds is 7. The Labute approximate surface area is 180 Å². The van der Waals surface area contributed by atoms with Gasteiger partial charge in [-0.25, -0.2) is 4.79 Å². The monoisotopic (exact) mass is 423 g/mol. The summed E-state index contributed by atoms with van der Waals surface area (Å²) in [5.74, 6) is -0.0544. The first-order chi connectivity index (χ1) is 14.4. The van der Waals surface area contributed by atoms with E-state index >= 15 is 0 Å². The van der Waals surface area contributed by atoms with Gasteiger partial charge in [-0.3, -0.25) is 4.99 Å². The van der Waals surface area contributed by atoms with Crippen molar-refractivity contribution in [3.63, 3.8) is 0 Å². The zero-order valence-electron chi connectivity index (χ0n) is 17.0. The fourth-order valence-corrected chi connectivity index (χ4v) is 3.08. The second-order valence-electron chi connectivity index (χ2n) is 6.85. The van der Waals surface area contributed by atoms with Gasteiger partial charge >= 0.3 is 5.97 Å². The van der Waals surface area contributed by atoms with Gasteiger partial charge in [0.1, 0.15) is 6.61 Å². The van der Waals surface area contributed by atoms with Crippen LogP contribution in [0.25, 0.3) is 0 Å². The Bertz CT molecular complexity index is 1090. The molecule has 3 aromatic carbocycles. The van der Waals surface area contributed by atoms with Crippen LogP contribution in [-0.4, -0.2) is 24.4 Å². The van der Waals surface area contributed by atoms with Crippen LogP contribution in [0.2, 0.25) is 5.02 Å². The number of ether oxygens (including phenoxy) is 2. The first kappa shape index (κ1) is 21.4. The van der Waals surface area contributed by atoms with Gasteiger partial charge in [0.2, 0.25) is 0 Å². The molecular formula is C24H22ClNO4. The molecule has 0 saturated heterocycles. The number of aromatic carboxylic acids is 1. The molecule has 5 nitrogen and oxygen atoms in total. The number of aliphatic imine (C=N–C) groups is 1. The molecule has 6 heteroatoms. The molecule has 0 spiro atoms. The van der Waals surface area contributed by atoms with Gasteiger partial charge in [0, 0.05) is 6.21 Å². The van der Waals surface area contributed by atoms with Gasteiger partial charge in [-0.15, -0.1) is 0 Å². The highest BCUT2D eigenvalue weighted by molar-refractivity contribution is 6.32. The zero-order valence-corrected chi connectivity index (χ0v) is 17.7. The number of benzene rings is 3. The van der Waals surface area contributed by atoms with Crippen molar-refractivity contribution in [3.05, 3.63) is 87.4 Å². The first-order valence-electron chi connectivity index (χ1n) is 9.31. The molecule has 0 aliphatic rings. The summed E-state index contributed by atoms with van der Waals surface area (Å²) >= 11 is 6.43. The summed E-state index contributed by atoms with van der Waals surface area (Å²) in [6.45, 7) is 4.34. The van der Waals surface area contributed by atoms with Crippen LogP contribution in [-0.2, 0) is 6.61 Å². The minimum atomic E-state index is -0.967. The number of hydrogen-bond acceptors (Lipinski definition) is 4. The van der Waals surface area contributed by atoms with E-state index in [9.17, 15) is 4.79 Å². The lowest BCUT2D eigenvalue weighted by Gasteiger charge is -2.13. The summed E-state index contributed by atoms with van der Waals surface area (Å²) in [5, 5.41) is 9.38. The molecule has 0 radical (unpaired) electrons. The Morgan fingerprint density at radius 2 is 1.80 bits per heavy atom. The topological polar surface area (TPSA) is 68.1 Å². The van der Waals surface area contributed by atoms with Crippen LogP contribution in [0.1, 0.15) is 32.6 Å². The van der Waals surface area contributed by atoms with Crippen LogP contribution >= 0.6 is 11.6 Å². The molecule has 0 unspecified atom stereocenters. The van der Waals surface area contributed by atoms with Crippen molar-refractivity contribution in [1.82, 2.24) is 0 Å². The minimum Gasteiger partial charge on any atom is -0.493 e. The second-order valence-corrected chi connectivity index (χ2v) is 7.26. The third-order valence-electron chi connectivity index (χ3n) is 4.69. The van der Waals surface area contributed by atoms with Gasteiger partial charge in [-0.1, -0.05) is 29.8 Å². The Morgan fingerprint density at radius 1 is 1.07 bits per heavy atom. The molecule has 3 rings (SSSR count). The van der Waals surface area contributed by atoms with Crippen LogP contribution in [0.4, 0.5) is 5.69 Å². The first-order valence-corrected chi connectivity index (χ1v) is 9.69. The van der Waals surface area contributed by atoms with E-state index in [1.807, 2.05) is 18.2 Å². The number of halogens is 1. The number of carboxylic acid groups (broad SMARTS) is 1. The van der Waals surface area contributed by atoms with Crippen LogP contribution in [0, 0.1) is 13.8 Å². The molecular weight excluding hydrogens is 402 g/mol. The van der Waals surface area contributed by atoms with Crippen LogP contribution < -0.4 is 9.47 Å². The lowest BCUT2D eigenvalue weighted by Crippen LogP contribution is -2.01. The summed E-state index contributed by atoms with van der Waals surface area (Å²) in [4.78, 5) is 15.5. The fourth-order valence-electron chi connectivity index (χ4n) is 2.81. The van der Waals surface area contributed by atoms with Gasteiger partial charge in [0.15, 0.2) is 11.5 Å². The van der Waals surface area contributed by atoms with E-state index in [1.54, 1.807) is 37.6 Å². The van der Waals surface area contributed by atoms with E-state index in [1.165, 1.54) is 23.3 Å². The molecule has 0 aliphatic heterocycles. The number of carboxylic acids is 1. The summed E-state index contributed by atoms with van der Waals surface area (Å²) in [6.07, 6.45) is 1.73. The van der Waals surface area contributed by atoms with Gasteiger partial charge in [0.25, 0.3) is 0 Å². The predicted octanol–water partition coefficient (Wildman–Crippen LogP) is 5.99. The highest BCUT2D eigenvalue weighted by Crippen LogP contribution is 2.36. The maximum atomic E-state index is 11.0. The highest BCUT2D eigenvalue weighted by Gasteiger charge is 2.12. The number of methoxy groups -OCH3 is 1. The van der Waals surface area contributed by atoms with Crippen LogP contribution in [0.3, 0.4) is 0 Å². The standard InChI is InChI=1S/C24H22ClNO4/c1-15-4-9-20(10-16(15)2)26-13-18-11-21(25)23(22(12-18)29-3)30-14-17-5-7-19(8-6-17)24(27)28/h4-13H,14H2,1-3H3,(H,27,28). The van der Waals surface area contributed by atoms with E-state index in [4.69, 9.17) is 26.2 Å². The van der Waals surface area contributed by atoms with Crippen molar-refractivity contribution in [2.75, 3.05) is 7.11 Å². The van der Waals surface area contributed by atoms with Crippen molar-refractivity contribution >= 4 is 29.5 Å². The molecule has 3 aromatic rings. The Hall–Kier alpha value is -3.31. The maximum Gasteiger partial charge on any atom is 0.335 e. The Balaban J connectivity index is 1.77. The van der Waals surface area contributed by atoms with Gasteiger partial charge < -0.3 is 14.6 Å². The van der Waals surface area contributed by atoms with E-state index in [2.05, 4.69) is 18.8 Å². The summed E-state index contributed by atoms with van der Waals surface area (Å²) in [7, 11) is 1.55. The quantitative estimate of drug-likeness (QED) is 0.473. The summed E-state index contributed by atoms with van der Waals surface area (Å²) < 4.78 is 11.3. The molecule has 0 atom stereocenters. The molecule has 0 saturated carbocycles. The average Bonchev–Trinajstić information content (AvgIpc) is 2.73. The number of hydrogen-bond donors (Lipinski definition) is 1. The Morgan fingerprint density at radius 3 is 2.43 bits per heavy atom. The number of nitrogens with zero attached hydrogens (tertiary/aromatic N) is 1. The van der Waals surface area contributed by atoms with E-state index < -0.39 is 5.97 Å². The van der Waals surface area contributed by atoms with Gasteiger partial charge in [-0.05, 0) is 72.5 Å². The summed E-state index contributed by atoms with van der Waals surface area (Å²) in [5.41, 5.74) is 5.09. The van der Waals surface area contributed by atoms with Crippen molar-refractivity contribution in [3.8, 4) is 11.5 Å². The molecule has 0 heterocycles. The molecule has 154 valence electrons. The van der Waals surface area contributed by atoms with Gasteiger partial charge in [0.05, 0.1) is 23.4 Å². The second kappa shape index (κ2) is 9.46. The SMILES string of the molecule is COc1cc(C=Nc2ccc(C)c(C)c2)cc(Cl)c1OCc1ccc(C(=O)O)cc1. The number of carbonyl (C=O) groups is 1. The molecule has 0 fully saturated rings. The van der Waals surface area contributed by atoms with E-state index in [0.717, 1.165) is 16.8 Å². The largest absolute Gasteiger partial charge is 0.493 e. The molecule has 0 amide bonds. The highest BCUT2D eigenvalue weighted by atomic mass is 35.5. The van der Waals surface area contributed by atoms with Crippen molar-refractivity contribution < 1.29 is 19.4 Å².